The summed E-state index contributed by atoms with van der Waals surface area (Å²) in [6.45, 7) is 3.49. The minimum atomic E-state index is -3.42. The van der Waals surface area contributed by atoms with E-state index in [1.807, 2.05) is 4.90 Å². The molecule has 25 heavy (non-hydrogen) atoms. The molecule has 2 unspecified atom stereocenters. The summed E-state index contributed by atoms with van der Waals surface area (Å²) in [4.78, 5) is 14.6. The minimum Gasteiger partial charge on any atom is -0.338 e. The van der Waals surface area contributed by atoms with Crippen LogP contribution in [0.5, 0.6) is 0 Å². The smallest absolute Gasteiger partial charge is 0.240 e. The fourth-order valence-electron chi connectivity index (χ4n) is 3.15. The number of carbonyl (C=O) groups is 1. The number of likely N-dealkylation sites (tertiary alicyclic amines) is 1. The number of halogens is 1. The molecule has 0 spiro atoms. The van der Waals surface area contributed by atoms with Crippen LogP contribution in [0.1, 0.15) is 31.7 Å². The average Bonchev–Trinajstić information content (AvgIpc) is 2.59. The predicted octanol–water partition coefficient (Wildman–Crippen LogP) is 1.53. The van der Waals surface area contributed by atoms with Gasteiger partial charge in [-0.3, -0.25) is 4.79 Å². The molecule has 2 rings (SSSR count). The highest BCUT2D eigenvalue weighted by Crippen LogP contribution is 2.23. The molecule has 0 radical (unpaired) electrons. The van der Waals surface area contributed by atoms with Crippen LogP contribution in [-0.2, 0) is 21.2 Å². The first-order chi connectivity index (χ1) is 11.4. The lowest BCUT2D eigenvalue weighted by molar-refractivity contribution is -0.135. The third kappa shape index (κ3) is 5.67. The second-order valence-corrected chi connectivity index (χ2v) is 8.34. The molecule has 0 bridgehead atoms. The predicted molar refractivity (Wildman–Crippen MR) is 101 cm³/mol. The number of aryl methyl sites for hydroxylation is 1. The van der Waals surface area contributed by atoms with E-state index in [2.05, 4.69) is 11.6 Å². The monoisotopic (exact) mass is 389 g/mol. The Kier molecular flexibility index (Phi) is 8.34. The van der Waals surface area contributed by atoms with E-state index in [0.717, 1.165) is 24.9 Å². The highest BCUT2D eigenvalue weighted by Gasteiger charge is 2.28. The van der Waals surface area contributed by atoms with E-state index < -0.39 is 10.0 Å². The van der Waals surface area contributed by atoms with Crippen LogP contribution in [0.15, 0.2) is 29.2 Å². The van der Waals surface area contributed by atoms with Gasteiger partial charge in [-0.15, -0.1) is 12.4 Å². The molecule has 6 nitrogen and oxygen atoms in total. The van der Waals surface area contributed by atoms with Gasteiger partial charge in [-0.25, -0.2) is 13.1 Å². The Labute approximate surface area is 156 Å². The molecule has 142 valence electrons. The van der Waals surface area contributed by atoms with E-state index in [4.69, 9.17) is 5.73 Å². The molecule has 1 fully saturated rings. The zero-order valence-corrected chi connectivity index (χ0v) is 16.4. The first-order valence-corrected chi connectivity index (χ1v) is 9.87. The molecule has 1 aromatic carbocycles. The van der Waals surface area contributed by atoms with Crippen molar-refractivity contribution in [3.05, 3.63) is 29.8 Å². The molecule has 0 aromatic heterocycles. The van der Waals surface area contributed by atoms with Crippen molar-refractivity contribution < 1.29 is 13.2 Å². The summed E-state index contributed by atoms with van der Waals surface area (Å²) >= 11 is 0. The van der Waals surface area contributed by atoms with E-state index in [9.17, 15) is 13.2 Å². The van der Waals surface area contributed by atoms with Gasteiger partial charge in [-0.05, 0) is 49.9 Å². The molecular weight excluding hydrogens is 362 g/mol. The Morgan fingerprint density at radius 3 is 2.52 bits per heavy atom. The number of carbonyl (C=O) groups excluding carboxylic acids is 1. The van der Waals surface area contributed by atoms with Crippen molar-refractivity contribution in [2.45, 2.75) is 43.5 Å². The second kappa shape index (κ2) is 9.52. The maximum absolute atomic E-state index is 12.5. The molecule has 1 amide bonds. The van der Waals surface area contributed by atoms with Gasteiger partial charge >= 0.3 is 0 Å². The fraction of sp³-hybridized carbons (Fsp3) is 0.588. The van der Waals surface area contributed by atoms with Gasteiger partial charge in [0.25, 0.3) is 0 Å². The van der Waals surface area contributed by atoms with Crippen LogP contribution < -0.4 is 10.5 Å². The summed E-state index contributed by atoms with van der Waals surface area (Å²) in [5.41, 5.74) is 6.77. The lowest BCUT2D eigenvalue weighted by Gasteiger charge is -2.38. The van der Waals surface area contributed by atoms with Crippen molar-refractivity contribution in [1.29, 1.82) is 0 Å². The molecule has 1 aliphatic heterocycles. The van der Waals surface area contributed by atoms with Crippen LogP contribution >= 0.6 is 12.4 Å². The van der Waals surface area contributed by atoms with Crippen molar-refractivity contribution in [3.63, 3.8) is 0 Å². The van der Waals surface area contributed by atoms with Crippen LogP contribution in [0.3, 0.4) is 0 Å². The number of benzene rings is 1. The largest absolute Gasteiger partial charge is 0.338 e. The summed E-state index contributed by atoms with van der Waals surface area (Å²) in [5, 5.41) is 0. The summed E-state index contributed by atoms with van der Waals surface area (Å²) in [7, 11) is -2.03. The van der Waals surface area contributed by atoms with Crippen molar-refractivity contribution in [3.8, 4) is 0 Å². The van der Waals surface area contributed by atoms with E-state index in [1.54, 1.807) is 24.3 Å². The molecule has 3 N–H and O–H groups in total. The van der Waals surface area contributed by atoms with Crippen LogP contribution in [-0.4, -0.2) is 45.4 Å². The Morgan fingerprint density at radius 2 is 1.96 bits per heavy atom. The third-order valence-electron chi connectivity index (χ3n) is 4.70. The topological polar surface area (TPSA) is 92.5 Å². The van der Waals surface area contributed by atoms with E-state index in [0.29, 0.717) is 25.3 Å². The number of sulfonamides is 1. The molecule has 1 aromatic rings. The molecule has 0 aliphatic carbocycles. The van der Waals surface area contributed by atoms with Gasteiger partial charge in [0.2, 0.25) is 15.9 Å². The highest BCUT2D eigenvalue weighted by molar-refractivity contribution is 7.89. The van der Waals surface area contributed by atoms with E-state index in [-0.39, 0.29) is 29.3 Å². The Morgan fingerprint density at radius 1 is 1.32 bits per heavy atom. The average molecular weight is 390 g/mol. The molecule has 0 saturated carbocycles. The molecule has 1 heterocycles. The van der Waals surface area contributed by atoms with Crippen LogP contribution in [0.2, 0.25) is 0 Å². The van der Waals surface area contributed by atoms with Gasteiger partial charge < -0.3 is 10.6 Å². The molecule has 1 aliphatic rings. The standard InChI is InChI=1S/C17H27N3O3S.ClH/c1-13-9-10-20(15(11-13)12-18)17(21)8-5-14-3-6-16(7-4-14)24(22,23)19-2;/h3-4,6-7,13,15,19H,5,8-12,18H2,1-2H3;1H. The van der Waals surface area contributed by atoms with Gasteiger partial charge in [-0.2, -0.15) is 0 Å². The fourth-order valence-corrected chi connectivity index (χ4v) is 3.88. The Hall–Kier alpha value is -1.15. The van der Waals surface area contributed by atoms with E-state index in [1.165, 1.54) is 7.05 Å². The summed E-state index contributed by atoms with van der Waals surface area (Å²) in [5.74, 6) is 0.744. The van der Waals surface area contributed by atoms with Gasteiger partial charge in [0.15, 0.2) is 0 Å². The number of rotatable bonds is 6. The molecule has 1 saturated heterocycles. The summed E-state index contributed by atoms with van der Waals surface area (Å²) in [6, 6.07) is 6.80. The van der Waals surface area contributed by atoms with Gasteiger partial charge in [0.1, 0.15) is 0 Å². The van der Waals surface area contributed by atoms with Crippen LogP contribution in [0, 0.1) is 5.92 Å². The van der Waals surface area contributed by atoms with Crippen molar-refractivity contribution in [2.75, 3.05) is 20.1 Å². The number of nitrogens with two attached hydrogens (primary N) is 1. The first kappa shape index (κ1) is 21.9. The number of piperidine rings is 1. The van der Waals surface area contributed by atoms with Gasteiger partial charge in [-0.1, -0.05) is 19.1 Å². The number of nitrogens with zero attached hydrogens (tertiary/aromatic N) is 1. The normalized spacial score (nSPS) is 20.8. The van der Waals surface area contributed by atoms with Gasteiger partial charge in [0.05, 0.1) is 4.90 Å². The maximum Gasteiger partial charge on any atom is 0.240 e. The zero-order valence-electron chi connectivity index (χ0n) is 14.8. The number of hydrogen-bond acceptors (Lipinski definition) is 4. The summed E-state index contributed by atoms with van der Waals surface area (Å²) < 4.78 is 25.7. The quantitative estimate of drug-likeness (QED) is 0.771. The van der Waals surface area contributed by atoms with Crippen molar-refractivity contribution in [1.82, 2.24) is 9.62 Å². The zero-order chi connectivity index (χ0) is 17.7. The summed E-state index contributed by atoms with van der Waals surface area (Å²) in [6.07, 6.45) is 3.02. The highest BCUT2D eigenvalue weighted by atomic mass is 35.5. The van der Waals surface area contributed by atoms with E-state index >= 15 is 0 Å². The first-order valence-electron chi connectivity index (χ1n) is 8.39. The van der Waals surface area contributed by atoms with Crippen molar-refractivity contribution >= 4 is 28.3 Å². The Balaban J connectivity index is 0.00000312. The van der Waals surface area contributed by atoms with Gasteiger partial charge in [0, 0.05) is 25.6 Å². The minimum absolute atomic E-state index is 0. The number of hydrogen-bond donors (Lipinski definition) is 2. The molecule has 8 heteroatoms. The van der Waals surface area contributed by atoms with Crippen LogP contribution in [0.25, 0.3) is 0 Å². The lowest BCUT2D eigenvalue weighted by atomic mass is 9.92. The molecular formula is C17H28ClN3O3S. The van der Waals surface area contributed by atoms with Crippen LogP contribution in [0.4, 0.5) is 0 Å². The SMILES string of the molecule is CNS(=O)(=O)c1ccc(CCC(=O)N2CCC(C)CC2CN)cc1.Cl. The lowest BCUT2D eigenvalue weighted by Crippen LogP contribution is -2.49. The number of nitrogens with one attached hydrogen (secondary N) is 1. The third-order valence-corrected chi connectivity index (χ3v) is 6.13. The maximum atomic E-state index is 12.5. The second-order valence-electron chi connectivity index (χ2n) is 6.46. The van der Waals surface area contributed by atoms with Crippen molar-refractivity contribution in [2.24, 2.45) is 11.7 Å². The Bertz CT molecular complexity index is 664. The molecule has 2 atom stereocenters. The number of amides is 1.